The van der Waals surface area contributed by atoms with E-state index in [4.69, 9.17) is 28.9 Å². The molecule has 3 rings (SSSR count). The van der Waals surface area contributed by atoms with Gasteiger partial charge in [0.1, 0.15) is 0 Å². The van der Waals surface area contributed by atoms with Crippen LogP contribution in [-0.2, 0) is 4.79 Å². The first-order chi connectivity index (χ1) is 14.7. The highest BCUT2D eigenvalue weighted by atomic mass is 35.5. The molecule has 0 saturated carbocycles. The molecule has 0 unspecified atom stereocenters. The van der Waals surface area contributed by atoms with Crippen LogP contribution in [0.2, 0.25) is 10.0 Å². The molecule has 0 spiro atoms. The fourth-order valence-electron chi connectivity index (χ4n) is 2.47. The number of anilines is 2. The fraction of sp³-hybridized carbons (Fsp3) is 0.100. The maximum Gasteiger partial charge on any atom is 0.257 e. The molecule has 1 aromatic heterocycles. The van der Waals surface area contributed by atoms with Crippen molar-refractivity contribution in [3.63, 3.8) is 0 Å². The van der Waals surface area contributed by atoms with Crippen molar-refractivity contribution in [2.75, 3.05) is 16.4 Å². The number of thioether (sulfide) groups is 1. The molecule has 2 aromatic carbocycles. The van der Waals surface area contributed by atoms with E-state index in [9.17, 15) is 14.4 Å². The third-order valence-electron chi connectivity index (χ3n) is 3.85. The summed E-state index contributed by atoms with van der Waals surface area (Å²) in [5.41, 5.74) is 7.09. The van der Waals surface area contributed by atoms with Crippen LogP contribution in [0.1, 0.15) is 26.4 Å². The summed E-state index contributed by atoms with van der Waals surface area (Å²) in [6.45, 7) is 1.79. The van der Waals surface area contributed by atoms with E-state index in [1.54, 1.807) is 31.2 Å². The van der Waals surface area contributed by atoms with Crippen molar-refractivity contribution in [1.82, 2.24) is 4.98 Å². The predicted molar refractivity (Wildman–Crippen MR) is 126 cm³/mol. The van der Waals surface area contributed by atoms with Gasteiger partial charge in [0.05, 0.1) is 15.7 Å². The number of halogens is 2. The lowest BCUT2D eigenvalue weighted by Crippen LogP contribution is -2.13. The van der Waals surface area contributed by atoms with Crippen molar-refractivity contribution in [3.05, 3.63) is 69.3 Å². The molecule has 0 saturated heterocycles. The minimum atomic E-state index is -0.422. The average Bonchev–Trinajstić information content (AvgIpc) is 3.05. The normalized spacial score (nSPS) is 10.5. The number of thiazole rings is 1. The predicted octanol–water partition coefficient (Wildman–Crippen LogP) is 4.84. The molecule has 0 aliphatic rings. The number of carbonyl (C=O) groups is 3. The number of hydrogen-bond donors (Lipinski definition) is 3. The molecule has 1 heterocycles. The van der Waals surface area contributed by atoms with Crippen molar-refractivity contribution in [3.8, 4) is 0 Å². The zero-order valence-corrected chi connectivity index (χ0v) is 19.2. The Labute approximate surface area is 196 Å². The van der Waals surface area contributed by atoms with Crippen LogP contribution in [0.3, 0.4) is 0 Å². The summed E-state index contributed by atoms with van der Waals surface area (Å²) < 4.78 is 0.813. The summed E-state index contributed by atoms with van der Waals surface area (Å²) in [7, 11) is 0. The summed E-state index contributed by atoms with van der Waals surface area (Å²) in [6.07, 6.45) is 0. The Hall–Kier alpha value is -2.59. The molecule has 0 bridgehead atoms. The first kappa shape index (κ1) is 23.1. The van der Waals surface area contributed by atoms with E-state index in [-0.39, 0.29) is 17.6 Å². The maximum atomic E-state index is 12.5. The van der Waals surface area contributed by atoms with Crippen molar-refractivity contribution >= 4 is 74.8 Å². The SMILES string of the molecule is Cc1nc(NC(=O)c2ccc(NC(=O)c3cc(Cl)cc(Cl)c3)cc2)sc1SCC(N)=O. The van der Waals surface area contributed by atoms with E-state index >= 15 is 0 Å². The summed E-state index contributed by atoms with van der Waals surface area (Å²) in [5, 5.41) is 6.59. The first-order valence-corrected chi connectivity index (χ1v) is 11.3. The molecule has 0 fully saturated rings. The van der Waals surface area contributed by atoms with Gasteiger partial charge in [0.15, 0.2) is 5.13 Å². The number of nitrogens with two attached hydrogens (primary N) is 1. The van der Waals surface area contributed by atoms with Gasteiger partial charge in [0, 0.05) is 26.9 Å². The Balaban J connectivity index is 1.63. The number of hydrogen-bond acceptors (Lipinski definition) is 6. The highest BCUT2D eigenvalue weighted by Gasteiger charge is 2.14. The Kier molecular flexibility index (Phi) is 7.55. The van der Waals surface area contributed by atoms with Crippen LogP contribution >= 0.6 is 46.3 Å². The number of benzene rings is 2. The van der Waals surface area contributed by atoms with E-state index < -0.39 is 5.91 Å². The van der Waals surface area contributed by atoms with Gasteiger partial charge in [-0.15, -0.1) is 11.8 Å². The number of nitrogens with one attached hydrogen (secondary N) is 2. The van der Waals surface area contributed by atoms with Crippen molar-refractivity contribution in [2.45, 2.75) is 11.1 Å². The molecule has 0 aliphatic heterocycles. The van der Waals surface area contributed by atoms with Gasteiger partial charge < -0.3 is 11.1 Å². The van der Waals surface area contributed by atoms with Gasteiger partial charge >= 0.3 is 0 Å². The van der Waals surface area contributed by atoms with E-state index in [0.29, 0.717) is 37.7 Å². The quantitative estimate of drug-likeness (QED) is 0.406. The van der Waals surface area contributed by atoms with Crippen molar-refractivity contribution < 1.29 is 14.4 Å². The number of amides is 3. The van der Waals surface area contributed by atoms with Crippen LogP contribution in [0.4, 0.5) is 10.8 Å². The lowest BCUT2D eigenvalue weighted by Gasteiger charge is -2.07. The number of primary amides is 1. The number of aromatic nitrogens is 1. The Morgan fingerprint density at radius 2 is 1.61 bits per heavy atom. The van der Waals surface area contributed by atoms with Gasteiger partial charge in [-0.3, -0.25) is 19.7 Å². The van der Waals surface area contributed by atoms with E-state index in [0.717, 1.165) is 4.21 Å². The van der Waals surface area contributed by atoms with E-state index in [2.05, 4.69) is 15.6 Å². The Morgan fingerprint density at radius 1 is 1.00 bits per heavy atom. The Morgan fingerprint density at radius 3 is 2.23 bits per heavy atom. The largest absolute Gasteiger partial charge is 0.369 e. The molecule has 3 aromatic rings. The van der Waals surface area contributed by atoms with E-state index in [1.807, 2.05) is 0 Å². The summed E-state index contributed by atoms with van der Waals surface area (Å²) >= 11 is 14.4. The standard InChI is InChI=1S/C20H16Cl2N4O3S2/c1-10-19(30-9-16(23)27)31-20(24-10)26-17(28)11-2-4-15(5-3-11)25-18(29)12-6-13(21)8-14(22)7-12/h2-8H,9H2,1H3,(H2,23,27)(H,25,29)(H,24,26,28). The number of nitrogens with zero attached hydrogens (tertiary/aromatic N) is 1. The topological polar surface area (TPSA) is 114 Å². The molecular weight excluding hydrogens is 479 g/mol. The lowest BCUT2D eigenvalue weighted by atomic mass is 10.1. The van der Waals surface area contributed by atoms with Gasteiger partial charge in [-0.1, -0.05) is 34.5 Å². The zero-order valence-electron chi connectivity index (χ0n) is 16.1. The fourth-order valence-corrected chi connectivity index (χ4v) is 4.87. The second-order valence-corrected chi connectivity index (χ2v) is 9.41. The van der Waals surface area contributed by atoms with Crippen LogP contribution in [0.25, 0.3) is 0 Å². The van der Waals surface area contributed by atoms with Crippen LogP contribution in [0.5, 0.6) is 0 Å². The van der Waals surface area contributed by atoms with Gasteiger partial charge in [-0.2, -0.15) is 0 Å². The molecule has 4 N–H and O–H groups in total. The minimum Gasteiger partial charge on any atom is -0.369 e. The Bertz CT molecular complexity index is 1130. The molecule has 160 valence electrons. The number of aryl methyl sites for hydroxylation is 1. The van der Waals surface area contributed by atoms with E-state index in [1.165, 1.54) is 41.3 Å². The molecule has 0 radical (unpaired) electrons. The second kappa shape index (κ2) is 10.1. The first-order valence-electron chi connectivity index (χ1n) is 8.78. The molecule has 0 aliphatic carbocycles. The highest BCUT2D eigenvalue weighted by Crippen LogP contribution is 2.32. The lowest BCUT2D eigenvalue weighted by molar-refractivity contribution is -0.115. The average molecular weight is 495 g/mol. The number of carbonyl (C=O) groups excluding carboxylic acids is 3. The third-order valence-corrected chi connectivity index (χ3v) is 6.74. The van der Waals surface area contributed by atoms with Crippen LogP contribution in [0.15, 0.2) is 46.7 Å². The zero-order chi connectivity index (χ0) is 22.5. The van der Waals surface area contributed by atoms with Crippen LogP contribution in [0, 0.1) is 6.92 Å². The number of rotatable bonds is 7. The molecule has 7 nitrogen and oxygen atoms in total. The van der Waals surface area contributed by atoms with Gasteiger partial charge in [-0.25, -0.2) is 4.98 Å². The summed E-state index contributed by atoms with van der Waals surface area (Å²) in [6, 6.07) is 10.9. The van der Waals surface area contributed by atoms with Gasteiger partial charge in [0.2, 0.25) is 5.91 Å². The van der Waals surface area contributed by atoms with Gasteiger partial charge in [-0.05, 0) is 49.4 Å². The molecule has 0 atom stereocenters. The maximum absolute atomic E-state index is 12.5. The smallest absolute Gasteiger partial charge is 0.257 e. The summed E-state index contributed by atoms with van der Waals surface area (Å²) in [5.74, 6) is -1.00. The third kappa shape index (κ3) is 6.44. The monoisotopic (exact) mass is 494 g/mol. The second-order valence-electron chi connectivity index (χ2n) is 6.29. The summed E-state index contributed by atoms with van der Waals surface area (Å²) in [4.78, 5) is 40.1. The minimum absolute atomic E-state index is 0.144. The molecular formula is C20H16Cl2N4O3S2. The van der Waals surface area contributed by atoms with Crippen molar-refractivity contribution in [1.29, 1.82) is 0 Å². The van der Waals surface area contributed by atoms with Crippen LogP contribution < -0.4 is 16.4 Å². The highest BCUT2D eigenvalue weighted by molar-refractivity contribution is 8.01. The van der Waals surface area contributed by atoms with Gasteiger partial charge in [0.25, 0.3) is 11.8 Å². The molecule has 11 heteroatoms. The van der Waals surface area contributed by atoms with Crippen LogP contribution in [-0.4, -0.2) is 28.5 Å². The molecule has 3 amide bonds. The molecule has 31 heavy (non-hydrogen) atoms. The van der Waals surface area contributed by atoms with Crippen molar-refractivity contribution in [2.24, 2.45) is 5.73 Å².